The summed E-state index contributed by atoms with van der Waals surface area (Å²) in [6.07, 6.45) is 1.82. The Balaban J connectivity index is 1.95. The molecule has 0 aliphatic rings. The van der Waals surface area contributed by atoms with Crippen molar-refractivity contribution in [1.82, 2.24) is 4.90 Å². The van der Waals surface area contributed by atoms with E-state index in [0.29, 0.717) is 22.6 Å². The first-order valence-electron chi connectivity index (χ1n) is 11.2. The van der Waals surface area contributed by atoms with Gasteiger partial charge in [0.1, 0.15) is 0 Å². The molecule has 0 aliphatic heterocycles. The molecule has 7 nitrogen and oxygen atoms in total. The molecule has 32 heavy (non-hydrogen) atoms. The fourth-order valence-corrected chi connectivity index (χ4v) is 3.15. The van der Waals surface area contributed by atoms with E-state index >= 15 is 0 Å². The highest BCUT2D eigenvalue weighted by Gasteiger charge is 2.15. The molecular formula is C25H34N4O3. The van der Waals surface area contributed by atoms with Crippen LogP contribution < -0.4 is 16.0 Å². The normalized spacial score (nSPS) is 10.5. The number of nitrogens with zero attached hydrogens (tertiary/aromatic N) is 1. The van der Waals surface area contributed by atoms with Crippen molar-refractivity contribution in [2.24, 2.45) is 5.92 Å². The van der Waals surface area contributed by atoms with Crippen LogP contribution in [0.2, 0.25) is 0 Å². The Kier molecular flexibility index (Phi) is 9.73. The fraction of sp³-hybridized carbons (Fsp3) is 0.400. The van der Waals surface area contributed by atoms with Crippen LogP contribution in [0.3, 0.4) is 0 Å². The van der Waals surface area contributed by atoms with Gasteiger partial charge in [-0.2, -0.15) is 0 Å². The molecule has 2 rings (SSSR count). The summed E-state index contributed by atoms with van der Waals surface area (Å²) in [4.78, 5) is 38.9. The Morgan fingerprint density at radius 2 is 1.44 bits per heavy atom. The van der Waals surface area contributed by atoms with Crippen LogP contribution in [-0.2, 0) is 9.59 Å². The predicted molar refractivity (Wildman–Crippen MR) is 130 cm³/mol. The van der Waals surface area contributed by atoms with Gasteiger partial charge in [0.2, 0.25) is 11.8 Å². The van der Waals surface area contributed by atoms with Gasteiger partial charge in [-0.3, -0.25) is 14.4 Å². The molecule has 0 saturated heterocycles. The molecule has 3 N–H and O–H groups in total. The van der Waals surface area contributed by atoms with E-state index in [0.717, 1.165) is 25.9 Å². The van der Waals surface area contributed by atoms with Crippen LogP contribution in [0, 0.1) is 5.92 Å². The lowest BCUT2D eigenvalue weighted by atomic mass is 10.1. The molecule has 7 heteroatoms. The summed E-state index contributed by atoms with van der Waals surface area (Å²) in [5.74, 6) is -0.438. The number of anilines is 3. The Morgan fingerprint density at radius 1 is 0.844 bits per heavy atom. The molecule has 0 aromatic heterocycles. The molecule has 0 radical (unpaired) electrons. The third kappa shape index (κ3) is 7.72. The van der Waals surface area contributed by atoms with Crippen LogP contribution >= 0.6 is 0 Å². The van der Waals surface area contributed by atoms with E-state index in [1.807, 2.05) is 30.9 Å². The third-order valence-corrected chi connectivity index (χ3v) is 4.78. The summed E-state index contributed by atoms with van der Waals surface area (Å²) in [5, 5.41) is 8.70. The maximum atomic E-state index is 12.8. The zero-order valence-electron chi connectivity index (χ0n) is 19.4. The van der Waals surface area contributed by atoms with Crippen LogP contribution in [0.15, 0.2) is 48.5 Å². The minimum absolute atomic E-state index is 0.00191. The molecule has 172 valence electrons. The molecule has 0 fully saturated rings. The van der Waals surface area contributed by atoms with Gasteiger partial charge in [-0.15, -0.1) is 0 Å². The van der Waals surface area contributed by atoms with E-state index < -0.39 is 0 Å². The van der Waals surface area contributed by atoms with Crippen molar-refractivity contribution < 1.29 is 14.4 Å². The van der Waals surface area contributed by atoms with Crippen molar-refractivity contribution in [3.05, 3.63) is 54.1 Å². The molecule has 0 aliphatic carbocycles. The van der Waals surface area contributed by atoms with E-state index in [1.54, 1.807) is 36.4 Å². The van der Waals surface area contributed by atoms with Gasteiger partial charge in [0.25, 0.3) is 5.91 Å². The first-order chi connectivity index (χ1) is 15.3. The predicted octanol–water partition coefficient (Wildman–Crippen LogP) is 4.59. The fourth-order valence-electron chi connectivity index (χ4n) is 3.15. The summed E-state index contributed by atoms with van der Waals surface area (Å²) in [6.45, 7) is 9.25. The second kappa shape index (κ2) is 12.5. The molecule has 0 saturated carbocycles. The van der Waals surface area contributed by atoms with Gasteiger partial charge in [0.15, 0.2) is 0 Å². The third-order valence-electron chi connectivity index (χ3n) is 4.78. The highest BCUT2D eigenvalue weighted by Crippen LogP contribution is 2.17. The van der Waals surface area contributed by atoms with E-state index in [2.05, 4.69) is 29.8 Å². The molecular weight excluding hydrogens is 404 g/mol. The standard InChI is InChI=1S/C25H34N4O3/c1-5-13-29(14-6-2)25(32)19-9-7-10-20(15-19)26-17-23(30)27-21-11-8-12-22(16-21)28-24(31)18(3)4/h7-12,15-16,18,26H,5-6,13-14,17H2,1-4H3,(H,27,30)(H,28,31). The molecule has 2 aromatic carbocycles. The minimum atomic E-state index is -0.229. The van der Waals surface area contributed by atoms with E-state index in [9.17, 15) is 14.4 Å². The second-order valence-corrected chi connectivity index (χ2v) is 8.00. The smallest absolute Gasteiger partial charge is 0.253 e. The van der Waals surface area contributed by atoms with Gasteiger partial charge in [-0.1, -0.05) is 39.8 Å². The summed E-state index contributed by atoms with van der Waals surface area (Å²) in [5.41, 5.74) is 2.53. The quantitative estimate of drug-likeness (QED) is 0.478. The van der Waals surface area contributed by atoms with Gasteiger partial charge in [0, 0.05) is 41.6 Å². The lowest BCUT2D eigenvalue weighted by molar-refractivity contribution is -0.119. The van der Waals surface area contributed by atoms with Gasteiger partial charge in [-0.05, 0) is 49.2 Å². The van der Waals surface area contributed by atoms with Crippen molar-refractivity contribution in [1.29, 1.82) is 0 Å². The summed E-state index contributed by atoms with van der Waals surface area (Å²) < 4.78 is 0. The highest BCUT2D eigenvalue weighted by atomic mass is 16.2. The first-order valence-corrected chi connectivity index (χ1v) is 11.2. The second-order valence-electron chi connectivity index (χ2n) is 8.00. The number of hydrogen-bond acceptors (Lipinski definition) is 4. The zero-order chi connectivity index (χ0) is 23.5. The van der Waals surface area contributed by atoms with E-state index in [-0.39, 0.29) is 30.2 Å². The maximum absolute atomic E-state index is 12.8. The number of carbonyl (C=O) groups excluding carboxylic acids is 3. The summed E-state index contributed by atoms with van der Waals surface area (Å²) in [7, 11) is 0. The number of carbonyl (C=O) groups is 3. The molecule has 0 unspecified atom stereocenters. The van der Waals surface area contributed by atoms with Crippen LogP contribution in [0.25, 0.3) is 0 Å². The number of nitrogens with one attached hydrogen (secondary N) is 3. The lowest BCUT2D eigenvalue weighted by Crippen LogP contribution is -2.32. The monoisotopic (exact) mass is 438 g/mol. The average Bonchev–Trinajstić information content (AvgIpc) is 2.77. The molecule has 2 aromatic rings. The number of amides is 3. The molecule has 0 atom stereocenters. The summed E-state index contributed by atoms with van der Waals surface area (Å²) >= 11 is 0. The van der Waals surface area contributed by atoms with Gasteiger partial charge < -0.3 is 20.9 Å². The zero-order valence-corrected chi connectivity index (χ0v) is 19.4. The first kappa shape index (κ1) is 24.9. The van der Waals surface area contributed by atoms with Crippen molar-refractivity contribution in [3.63, 3.8) is 0 Å². The van der Waals surface area contributed by atoms with Crippen molar-refractivity contribution in [3.8, 4) is 0 Å². The average molecular weight is 439 g/mol. The molecule has 0 bridgehead atoms. The summed E-state index contributed by atoms with van der Waals surface area (Å²) in [6, 6.07) is 14.2. The van der Waals surface area contributed by atoms with Gasteiger partial charge >= 0.3 is 0 Å². The molecule has 0 spiro atoms. The minimum Gasteiger partial charge on any atom is -0.376 e. The molecule has 0 heterocycles. The van der Waals surface area contributed by atoms with Crippen molar-refractivity contribution in [2.45, 2.75) is 40.5 Å². The Hall–Kier alpha value is -3.35. The SMILES string of the molecule is CCCN(CCC)C(=O)c1cccc(NCC(=O)Nc2cccc(NC(=O)C(C)C)c2)c1. The van der Waals surface area contributed by atoms with Gasteiger partial charge in [0.05, 0.1) is 6.54 Å². The largest absolute Gasteiger partial charge is 0.376 e. The van der Waals surface area contributed by atoms with E-state index in [1.165, 1.54) is 0 Å². The maximum Gasteiger partial charge on any atom is 0.253 e. The van der Waals surface area contributed by atoms with Crippen molar-refractivity contribution in [2.75, 3.05) is 35.6 Å². The Labute approximate surface area is 190 Å². The van der Waals surface area contributed by atoms with Crippen LogP contribution in [0.1, 0.15) is 50.9 Å². The van der Waals surface area contributed by atoms with Crippen LogP contribution in [-0.4, -0.2) is 42.3 Å². The highest BCUT2D eigenvalue weighted by molar-refractivity contribution is 5.97. The lowest BCUT2D eigenvalue weighted by Gasteiger charge is -2.21. The Bertz CT molecular complexity index is 921. The topological polar surface area (TPSA) is 90.5 Å². The van der Waals surface area contributed by atoms with Crippen molar-refractivity contribution >= 4 is 34.8 Å². The van der Waals surface area contributed by atoms with Crippen LogP contribution in [0.5, 0.6) is 0 Å². The van der Waals surface area contributed by atoms with E-state index in [4.69, 9.17) is 0 Å². The molecule has 3 amide bonds. The number of benzene rings is 2. The number of hydrogen-bond donors (Lipinski definition) is 3. The number of rotatable bonds is 11. The van der Waals surface area contributed by atoms with Gasteiger partial charge in [-0.25, -0.2) is 0 Å². The Morgan fingerprint density at radius 3 is 2.06 bits per heavy atom. The van der Waals surface area contributed by atoms with Crippen LogP contribution in [0.4, 0.5) is 17.1 Å².